The number of nitrogens with zero attached hydrogens (tertiary/aromatic N) is 1. The molecular weight excluding hydrogens is 236 g/mol. The first-order valence-corrected chi connectivity index (χ1v) is 6.60. The van der Waals surface area contributed by atoms with Crippen molar-refractivity contribution in [2.45, 2.75) is 20.3 Å². The van der Waals surface area contributed by atoms with E-state index in [0.717, 1.165) is 24.5 Å². The highest BCUT2D eigenvalue weighted by Gasteiger charge is 1.99. The molecule has 2 aromatic rings. The molecule has 0 amide bonds. The molecule has 0 saturated carbocycles. The summed E-state index contributed by atoms with van der Waals surface area (Å²) in [6.45, 7) is 5.74. The van der Waals surface area contributed by atoms with Crippen molar-refractivity contribution < 1.29 is 4.74 Å². The van der Waals surface area contributed by atoms with Crippen LogP contribution in [0, 0.1) is 13.8 Å². The molecule has 1 heterocycles. The number of hydrogen-bond donors (Lipinski definition) is 1. The van der Waals surface area contributed by atoms with Crippen molar-refractivity contribution >= 4 is 5.82 Å². The highest BCUT2D eigenvalue weighted by atomic mass is 16.5. The van der Waals surface area contributed by atoms with Crippen LogP contribution < -0.4 is 10.1 Å². The van der Waals surface area contributed by atoms with E-state index in [-0.39, 0.29) is 0 Å². The Morgan fingerprint density at radius 3 is 2.79 bits per heavy atom. The molecule has 1 aromatic carbocycles. The van der Waals surface area contributed by atoms with E-state index in [1.165, 1.54) is 11.1 Å². The maximum Gasteiger partial charge on any atom is 0.125 e. The molecule has 100 valence electrons. The predicted octanol–water partition coefficient (Wildman–Crippen LogP) is 3.58. The number of aryl methyl sites for hydroxylation is 2. The zero-order chi connectivity index (χ0) is 13.5. The number of anilines is 1. The van der Waals surface area contributed by atoms with Crippen LogP contribution in [-0.2, 0) is 0 Å². The average Bonchev–Trinajstić information content (AvgIpc) is 2.42. The summed E-state index contributed by atoms with van der Waals surface area (Å²) in [6.07, 6.45) is 2.73. The third-order valence-electron chi connectivity index (χ3n) is 2.88. The van der Waals surface area contributed by atoms with Gasteiger partial charge in [-0.15, -0.1) is 0 Å². The molecule has 0 aliphatic heterocycles. The topological polar surface area (TPSA) is 34.1 Å². The van der Waals surface area contributed by atoms with Gasteiger partial charge in [-0.1, -0.05) is 23.8 Å². The van der Waals surface area contributed by atoms with E-state index in [1.807, 2.05) is 24.3 Å². The zero-order valence-corrected chi connectivity index (χ0v) is 11.5. The Kier molecular flexibility index (Phi) is 4.78. The van der Waals surface area contributed by atoms with Gasteiger partial charge in [0.25, 0.3) is 0 Å². The quantitative estimate of drug-likeness (QED) is 0.802. The monoisotopic (exact) mass is 256 g/mol. The molecule has 2 rings (SSSR count). The van der Waals surface area contributed by atoms with E-state index in [2.05, 4.69) is 36.3 Å². The molecule has 1 aromatic heterocycles. The van der Waals surface area contributed by atoms with Gasteiger partial charge in [0, 0.05) is 12.7 Å². The van der Waals surface area contributed by atoms with Gasteiger partial charge in [-0.3, -0.25) is 0 Å². The molecule has 0 radical (unpaired) electrons. The SMILES string of the molecule is Cc1ccc(OCCCNc2ccccn2)c(C)c1. The summed E-state index contributed by atoms with van der Waals surface area (Å²) in [6, 6.07) is 12.1. The van der Waals surface area contributed by atoms with Gasteiger partial charge in [0.05, 0.1) is 6.61 Å². The summed E-state index contributed by atoms with van der Waals surface area (Å²) in [5, 5.41) is 3.26. The Morgan fingerprint density at radius 1 is 1.16 bits per heavy atom. The molecule has 0 atom stereocenters. The van der Waals surface area contributed by atoms with Crippen molar-refractivity contribution in [2.75, 3.05) is 18.5 Å². The fraction of sp³-hybridized carbons (Fsp3) is 0.312. The lowest BCUT2D eigenvalue weighted by atomic mass is 10.1. The lowest BCUT2D eigenvalue weighted by Gasteiger charge is -2.10. The summed E-state index contributed by atoms with van der Waals surface area (Å²) in [5.74, 6) is 1.89. The van der Waals surface area contributed by atoms with Crippen molar-refractivity contribution in [3.05, 3.63) is 53.7 Å². The third-order valence-corrected chi connectivity index (χ3v) is 2.88. The molecule has 1 N–H and O–H groups in total. The van der Waals surface area contributed by atoms with Crippen molar-refractivity contribution in [1.29, 1.82) is 0 Å². The molecule has 0 fully saturated rings. The standard InChI is InChI=1S/C16H20N2O/c1-13-7-8-15(14(2)12-13)19-11-5-10-18-16-6-3-4-9-17-16/h3-4,6-9,12H,5,10-11H2,1-2H3,(H,17,18). The van der Waals surface area contributed by atoms with Crippen LogP contribution >= 0.6 is 0 Å². The average molecular weight is 256 g/mol. The first kappa shape index (κ1) is 13.4. The van der Waals surface area contributed by atoms with Crippen LogP contribution in [0.1, 0.15) is 17.5 Å². The smallest absolute Gasteiger partial charge is 0.125 e. The van der Waals surface area contributed by atoms with Gasteiger partial charge < -0.3 is 10.1 Å². The second-order valence-electron chi connectivity index (χ2n) is 4.61. The van der Waals surface area contributed by atoms with Crippen LogP contribution in [0.25, 0.3) is 0 Å². The third kappa shape index (κ3) is 4.28. The fourth-order valence-electron chi connectivity index (χ4n) is 1.90. The Labute approximate surface area is 114 Å². The van der Waals surface area contributed by atoms with Crippen molar-refractivity contribution in [2.24, 2.45) is 0 Å². The van der Waals surface area contributed by atoms with Crippen LogP contribution in [0.3, 0.4) is 0 Å². The summed E-state index contributed by atoms with van der Waals surface area (Å²) in [7, 11) is 0. The fourth-order valence-corrected chi connectivity index (χ4v) is 1.90. The van der Waals surface area contributed by atoms with Crippen molar-refractivity contribution in [3.63, 3.8) is 0 Å². The number of aromatic nitrogens is 1. The van der Waals surface area contributed by atoms with Crippen LogP contribution in [0.2, 0.25) is 0 Å². The van der Waals surface area contributed by atoms with E-state index in [9.17, 15) is 0 Å². The molecule has 0 aliphatic carbocycles. The molecule has 0 spiro atoms. The Morgan fingerprint density at radius 2 is 2.05 bits per heavy atom. The van der Waals surface area contributed by atoms with E-state index >= 15 is 0 Å². The van der Waals surface area contributed by atoms with Gasteiger partial charge in [-0.2, -0.15) is 0 Å². The lowest BCUT2D eigenvalue weighted by molar-refractivity contribution is 0.313. The normalized spacial score (nSPS) is 10.2. The minimum atomic E-state index is 0.712. The molecule has 3 nitrogen and oxygen atoms in total. The summed E-state index contributed by atoms with van der Waals surface area (Å²) in [4.78, 5) is 4.21. The molecular formula is C16H20N2O. The highest BCUT2D eigenvalue weighted by Crippen LogP contribution is 2.18. The second-order valence-corrected chi connectivity index (χ2v) is 4.61. The maximum atomic E-state index is 5.77. The maximum absolute atomic E-state index is 5.77. The van der Waals surface area contributed by atoms with Crippen LogP contribution in [0.4, 0.5) is 5.82 Å². The Bertz CT molecular complexity index is 511. The van der Waals surface area contributed by atoms with Crippen LogP contribution in [-0.4, -0.2) is 18.1 Å². The first-order valence-electron chi connectivity index (χ1n) is 6.60. The zero-order valence-electron chi connectivity index (χ0n) is 11.5. The van der Waals surface area contributed by atoms with E-state index in [0.29, 0.717) is 6.61 Å². The molecule has 0 unspecified atom stereocenters. The number of hydrogen-bond acceptors (Lipinski definition) is 3. The lowest BCUT2D eigenvalue weighted by Crippen LogP contribution is -2.08. The minimum Gasteiger partial charge on any atom is -0.493 e. The van der Waals surface area contributed by atoms with Gasteiger partial charge in [0.15, 0.2) is 0 Å². The Balaban J connectivity index is 1.69. The van der Waals surface area contributed by atoms with Crippen molar-refractivity contribution in [3.8, 4) is 5.75 Å². The van der Waals surface area contributed by atoms with Gasteiger partial charge in [-0.05, 0) is 44.0 Å². The number of benzene rings is 1. The summed E-state index contributed by atoms with van der Waals surface area (Å²) < 4.78 is 5.77. The molecule has 19 heavy (non-hydrogen) atoms. The number of pyridine rings is 1. The van der Waals surface area contributed by atoms with E-state index in [1.54, 1.807) is 6.20 Å². The second kappa shape index (κ2) is 6.78. The predicted molar refractivity (Wildman–Crippen MR) is 78.8 cm³/mol. The number of ether oxygens (including phenoxy) is 1. The van der Waals surface area contributed by atoms with Gasteiger partial charge in [0.1, 0.15) is 11.6 Å². The summed E-state index contributed by atoms with van der Waals surface area (Å²) >= 11 is 0. The van der Waals surface area contributed by atoms with E-state index in [4.69, 9.17) is 4.74 Å². The molecule has 0 saturated heterocycles. The number of nitrogens with one attached hydrogen (secondary N) is 1. The molecule has 0 aliphatic rings. The largest absolute Gasteiger partial charge is 0.493 e. The summed E-state index contributed by atoms with van der Waals surface area (Å²) in [5.41, 5.74) is 2.46. The minimum absolute atomic E-state index is 0.712. The van der Waals surface area contributed by atoms with Gasteiger partial charge >= 0.3 is 0 Å². The first-order chi connectivity index (χ1) is 9.25. The van der Waals surface area contributed by atoms with Crippen molar-refractivity contribution in [1.82, 2.24) is 4.98 Å². The number of rotatable bonds is 6. The van der Waals surface area contributed by atoms with Crippen LogP contribution in [0.15, 0.2) is 42.6 Å². The van der Waals surface area contributed by atoms with Crippen LogP contribution in [0.5, 0.6) is 5.75 Å². The highest BCUT2D eigenvalue weighted by molar-refractivity contribution is 5.35. The Hall–Kier alpha value is -2.03. The molecule has 0 bridgehead atoms. The van der Waals surface area contributed by atoms with Gasteiger partial charge in [0.2, 0.25) is 0 Å². The molecule has 3 heteroatoms. The van der Waals surface area contributed by atoms with E-state index < -0.39 is 0 Å². The van der Waals surface area contributed by atoms with Gasteiger partial charge in [-0.25, -0.2) is 4.98 Å².